The lowest BCUT2D eigenvalue weighted by atomic mass is 9.86. The zero-order chi connectivity index (χ0) is 40.6. The molecule has 0 unspecified atom stereocenters. The summed E-state index contributed by atoms with van der Waals surface area (Å²) in [6.45, 7) is 8.41. The molecule has 0 N–H and O–H groups in total. The van der Waals surface area contributed by atoms with Gasteiger partial charge in [-0.05, 0) is 103 Å². The van der Waals surface area contributed by atoms with E-state index >= 15 is 0 Å². The Morgan fingerprint density at radius 1 is 0.305 bits per heavy atom. The Labute approximate surface area is 351 Å². The molecule has 0 aliphatic carbocycles. The lowest BCUT2D eigenvalue weighted by molar-refractivity contribution is 1.47. The molecule has 0 spiro atoms. The van der Waals surface area contributed by atoms with Gasteiger partial charge < -0.3 is 0 Å². The van der Waals surface area contributed by atoms with E-state index in [9.17, 15) is 0 Å². The summed E-state index contributed by atoms with van der Waals surface area (Å²) >= 11 is 0. The lowest BCUT2D eigenvalue weighted by Gasteiger charge is -2.34. The summed E-state index contributed by atoms with van der Waals surface area (Å²) in [5, 5.41) is 10.8. The van der Waals surface area contributed by atoms with Crippen LogP contribution in [0.5, 0.6) is 0 Å². The van der Waals surface area contributed by atoms with E-state index in [0.29, 0.717) is 0 Å². The van der Waals surface area contributed by atoms with Crippen LogP contribution in [-0.2, 0) is 0 Å². The first-order valence-corrected chi connectivity index (χ1v) is 22.7. The van der Waals surface area contributed by atoms with Gasteiger partial charge in [0, 0.05) is 0 Å². The zero-order valence-corrected chi connectivity index (χ0v) is 35.4. The van der Waals surface area contributed by atoms with Gasteiger partial charge in [0.15, 0.2) is 8.07 Å². The van der Waals surface area contributed by atoms with Crippen LogP contribution in [0, 0.1) is 13.8 Å². The van der Waals surface area contributed by atoms with Crippen molar-refractivity contribution in [3.63, 3.8) is 0 Å². The molecule has 59 heavy (non-hydrogen) atoms. The Hall–Kier alpha value is -6.80. The Morgan fingerprint density at radius 3 is 0.966 bits per heavy atom. The van der Waals surface area contributed by atoms with Gasteiger partial charge in [0.25, 0.3) is 0 Å². The fourth-order valence-corrected chi connectivity index (χ4v) is 13.4. The van der Waals surface area contributed by atoms with Crippen LogP contribution < -0.4 is 20.7 Å². The largest absolute Gasteiger partial charge is 0.179 e. The van der Waals surface area contributed by atoms with E-state index in [2.05, 4.69) is 258 Å². The maximum absolute atomic E-state index is 2.39. The number of fused-ring (bicyclic) bond motifs is 2. The minimum absolute atomic E-state index is 1.23. The molecule has 0 fully saturated rings. The van der Waals surface area contributed by atoms with E-state index in [-0.39, 0.29) is 0 Å². The van der Waals surface area contributed by atoms with Gasteiger partial charge in [0.2, 0.25) is 0 Å². The molecular weight excluding hydrogens is 725 g/mol. The number of aryl methyl sites for hydroxylation is 2. The summed E-state index contributed by atoms with van der Waals surface area (Å²) in [6.07, 6.45) is 8.47. The first-order valence-electron chi connectivity index (χ1n) is 20.7. The average molecular weight is 775 g/mol. The van der Waals surface area contributed by atoms with E-state index < -0.39 is 8.07 Å². The third kappa shape index (κ3) is 7.91. The van der Waals surface area contributed by atoms with Gasteiger partial charge in [-0.3, -0.25) is 0 Å². The number of hydrogen-bond acceptors (Lipinski definition) is 0. The predicted molar refractivity (Wildman–Crippen MR) is 261 cm³/mol. The summed E-state index contributed by atoms with van der Waals surface area (Å²) in [7, 11) is -2.39. The fraction of sp³-hybridized carbons (Fsp3) is 0.0690. The Bertz CT molecular complexity index is 2750. The average Bonchev–Trinajstić information content (AvgIpc) is 3.29. The molecule has 0 aliphatic rings. The second-order valence-electron chi connectivity index (χ2n) is 15.3. The highest BCUT2D eigenvalue weighted by Gasteiger charge is 2.41. The van der Waals surface area contributed by atoms with Crippen molar-refractivity contribution in [3.8, 4) is 22.3 Å². The SMILES string of the molecule is C/C=C/c1ccc(-c2c3ccccc3c(-c3ccc(C)cc3)c3ccccc23)cc1.C/C=C/c1ccc([Si](c2ccccc2)(c2ccccc2)c2ccc(C)cc2)cc1. The third-order valence-corrected chi connectivity index (χ3v) is 16.2. The van der Waals surface area contributed by atoms with Crippen molar-refractivity contribution in [2.75, 3.05) is 0 Å². The van der Waals surface area contributed by atoms with Crippen molar-refractivity contribution in [1.82, 2.24) is 0 Å². The maximum atomic E-state index is 2.33. The molecule has 0 amide bonds. The molecule has 0 bridgehead atoms. The van der Waals surface area contributed by atoms with Crippen LogP contribution in [0.2, 0.25) is 0 Å². The van der Waals surface area contributed by atoms with Gasteiger partial charge in [0.05, 0.1) is 0 Å². The van der Waals surface area contributed by atoms with Crippen LogP contribution in [0.4, 0.5) is 0 Å². The van der Waals surface area contributed by atoms with Crippen LogP contribution in [0.1, 0.15) is 36.1 Å². The highest BCUT2D eigenvalue weighted by molar-refractivity contribution is 7.19. The predicted octanol–water partition coefficient (Wildman–Crippen LogP) is 13.1. The minimum atomic E-state index is -2.39. The van der Waals surface area contributed by atoms with Gasteiger partial charge in [-0.15, -0.1) is 0 Å². The molecule has 0 aliphatic heterocycles. The number of hydrogen-bond donors (Lipinski definition) is 0. The van der Waals surface area contributed by atoms with Crippen molar-refractivity contribution in [1.29, 1.82) is 0 Å². The fourth-order valence-electron chi connectivity index (χ4n) is 8.64. The van der Waals surface area contributed by atoms with Crippen LogP contribution in [-0.4, -0.2) is 8.07 Å². The molecule has 9 rings (SSSR count). The van der Waals surface area contributed by atoms with E-state index in [0.717, 1.165) is 0 Å². The molecule has 0 aromatic heterocycles. The van der Waals surface area contributed by atoms with Crippen molar-refractivity contribution in [3.05, 3.63) is 241 Å². The van der Waals surface area contributed by atoms with Crippen molar-refractivity contribution in [2.45, 2.75) is 27.7 Å². The van der Waals surface area contributed by atoms with Crippen molar-refractivity contribution >= 4 is 62.5 Å². The van der Waals surface area contributed by atoms with Gasteiger partial charge >= 0.3 is 0 Å². The molecule has 0 heterocycles. The first kappa shape index (κ1) is 39.0. The van der Waals surface area contributed by atoms with E-state index in [4.69, 9.17) is 0 Å². The summed E-state index contributed by atoms with van der Waals surface area (Å²) in [5.74, 6) is 0. The quantitative estimate of drug-likeness (QED) is 0.0819. The molecule has 286 valence electrons. The van der Waals surface area contributed by atoms with Gasteiger partial charge in [-0.2, -0.15) is 0 Å². The van der Waals surface area contributed by atoms with Crippen molar-refractivity contribution < 1.29 is 0 Å². The lowest BCUT2D eigenvalue weighted by Crippen LogP contribution is -2.74. The molecule has 0 nitrogen and oxygen atoms in total. The summed E-state index contributed by atoms with van der Waals surface area (Å²) in [5.41, 5.74) is 10.2. The van der Waals surface area contributed by atoms with Crippen LogP contribution >= 0.6 is 0 Å². The normalized spacial score (nSPS) is 11.6. The second kappa shape index (κ2) is 17.8. The van der Waals surface area contributed by atoms with Gasteiger partial charge in [0.1, 0.15) is 0 Å². The molecule has 0 saturated heterocycles. The molecular formula is C58H50Si. The van der Waals surface area contributed by atoms with Crippen LogP contribution in [0.3, 0.4) is 0 Å². The van der Waals surface area contributed by atoms with E-state index in [1.807, 2.05) is 0 Å². The third-order valence-electron chi connectivity index (χ3n) is 11.4. The van der Waals surface area contributed by atoms with Gasteiger partial charge in [-0.25, -0.2) is 0 Å². The van der Waals surface area contributed by atoms with Gasteiger partial charge in [-0.1, -0.05) is 242 Å². The number of allylic oxidation sites excluding steroid dienone is 2. The van der Waals surface area contributed by atoms with E-state index in [1.165, 1.54) is 86.8 Å². The molecule has 1 heteroatoms. The molecule has 0 radical (unpaired) electrons. The Kier molecular flexibility index (Phi) is 11.8. The molecule has 0 saturated carbocycles. The minimum Gasteiger partial charge on any atom is -0.0871 e. The zero-order valence-electron chi connectivity index (χ0n) is 34.4. The van der Waals surface area contributed by atoms with Crippen molar-refractivity contribution in [2.24, 2.45) is 0 Å². The standard InChI is InChI=1S/C30H24.C28H26Si/c1-3-8-22-15-19-24(20-16-22)30-27-11-6-4-9-25(27)29(23-17-13-21(2)14-18-23)26-10-5-7-12-28(26)30;1-3-10-24-17-21-28(22-18-24)29(25-11-6-4-7-12-25,26-13-8-5-9-14-26)27-19-15-23(2)16-20-27/h3-20H,1-2H3;3-22H,1-2H3/b8-3+;10-3+. The summed E-state index contributed by atoms with van der Waals surface area (Å²) < 4.78 is 0. The topological polar surface area (TPSA) is 0 Å². The Morgan fingerprint density at radius 2 is 0.593 bits per heavy atom. The highest BCUT2D eigenvalue weighted by Crippen LogP contribution is 2.43. The molecule has 0 atom stereocenters. The maximum Gasteiger partial charge on any atom is 0.179 e. The first-order chi connectivity index (χ1) is 29.0. The van der Waals surface area contributed by atoms with Crippen LogP contribution in [0.15, 0.2) is 218 Å². The number of rotatable bonds is 8. The molecule has 9 aromatic carbocycles. The smallest absolute Gasteiger partial charge is 0.0871 e. The monoisotopic (exact) mass is 774 g/mol. The second-order valence-corrected chi connectivity index (χ2v) is 19.1. The highest BCUT2D eigenvalue weighted by atomic mass is 28.3. The molecule has 9 aromatic rings. The van der Waals surface area contributed by atoms with E-state index in [1.54, 1.807) is 0 Å². The number of benzene rings is 9. The summed E-state index contributed by atoms with van der Waals surface area (Å²) in [4.78, 5) is 0. The summed E-state index contributed by atoms with van der Waals surface area (Å²) in [6, 6.07) is 75.8. The Balaban J connectivity index is 0.000000164. The van der Waals surface area contributed by atoms with Crippen LogP contribution in [0.25, 0.3) is 56.0 Å².